The normalized spacial score (nSPS) is 15.8. The molecule has 0 spiro atoms. The molecule has 194 valence electrons. The molecule has 0 radical (unpaired) electrons. The van der Waals surface area contributed by atoms with Crippen molar-refractivity contribution in [3.8, 4) is 0 Å². The van der Waals surface area contributed by atoms with Gasteiger partial charge in [0, 0.05) is 41.5 Å². The zero-order valence-electron chi connectivity index (χ0n) is 21.2. The van der Waals surface area contributed by atoms with Gasteiger partial charge in [-0.3, -0.25) is 19.7 Å². The third-order valence-corrected chi connectivity index (χ3v) is 9.22. The zero-order chi connectivity index (χ0) is 26.5. The average molecular weight is 555 g/mol. The van der Waals surface area contributed by atoms with E-state index in [0.29, 0.717) is 35.9 Å². The van der Waals surface area contributed by atoms with E-state index in [9.17, 15) is 14.4 Å². The Morgan fingerprint density at radius 2 is 2.05 bits per heavy atom. The predicted molar refractivity (Wildman–Crippen MR) is 151 cm³/mol. The largest absolute Gasteiger partial charge is 0.337 e. The van der Waals surface area contributed by atoms with E-state index in [1.807, 2.05) is 48.1 Å². The lowest BCUT2D eigenvalue weighted by Crippen LogP contribution is -2.44. The van der Waals surface area contributed by atoms with Crippen molar-refractivity contribution in [2.24, 2.45) is 0 Å². The third kappa shape index (κ3) is 6.31. The van der Waals surface area contributed by atoms with Crippen LogP contribution in [0.1, 0.15) is 51.6 Å². The summed E-state index contributed by atoms with van der Waals surface area (Å²) in [5, 5.41) is 7.04. The molecule has 10 heteroatoms. The number of amides is 3. The second-order valence-corrected chi connectivity index (χ2v) is 12.0. The van der Waals surface area contributed by atoms with Crippen molar-refractivity contribution in [2.75, 3.05) is 25.0 Å². The molecular weight excluding hydrogens is 525 g/mol. The summed E-state index contributed by atoms with van der Waals surface area (Å²) in [5.41, 5.74) is 3.28. The first-order valence-corrected chi connectivity index (χ1v) is 14.7. The van der Waals surface area contributed by atoms with E-state index in [1.54, 1.807) is 17.6 Å². The van der Waals surface area contributed by atoms with Crippen LogP contribution in [-0.2, 0) is 4.79 Å². The number of carbonyl (C=O) groups excluding carboxylic acids is 3. The first kappa shape index (κ1) is 27.1. The van der Waals surface area contributed by atoms with Crippen LogP contribution in [0, 0.1) is 13.8 Å². The van der Waals surface area contributed by atoms with Crippen LogP contribution in [0.15, 0.2) is 56.9 Å². The SMILES string of the molecule is C=CC(=O)N1CCCN(C(=O)c2cc(Sc3cnc(NC(=O)c4ccsc4)s3)c(C)cc2C)CC1CC. The van der Waals surface area contributed by atoms with Crippen molar-refractivity contribution in [2.45, 2.75) is 48.8 Å². The molecule has 1 unspecified atom stereocenters. The molecule has 4 rings (SSSR count). The van der Waals surface area contributed by atoms with Crippen molar-refractivity contribution in [3.63, 3.8) is 0 Å². The van der Waals surface area contributed by atoms with Crippen LogP contribution < -0.4 is 5.32 Å². The lowest BCUT2D eigenvalue weighted by Gasteiger charge is -2.30. The summed E-state index contributed by atoms with van der Waals surface area (Å²) in [4.78, 5) is 47.4. The Labute approximate surface area is 229 Å². The molecule has 3 heterocycles. The minimum absolute atomic E-state index is 0.0151. The second kappa shape index (κ2) is 12.1. The van der Waals surface area contributed by atoms with Gasteiger partial charge in [-0.25, -0.2) is 4.98 Å². The molecule has 7 nitrogen and oxygen atoms in total. The van der Waals surface area contributed by atoms with E-state index in [0.717, 1.165) is 33.1 Å². The molecule has 3 aromatic rings. The van der Waals surface area contributed by atoms with Crippen LogP contribution in [0.4, 0.5) is 5.13 Å². The number of nitrogens with zero attached hydrogens (tertiary/aromatic N) is 3. The Kier molecular flexibility index (Phi) is 8.83. The van der Waals surface area contributed by atoms with Gasteiger partial charge in [0.1, 0.15) is 0 Å². The predicted octanol–water partition coefficient (Wildman–Crippen LogP) is 5.86. The van der Waals surface area contributed by atoms with Gasteiger partial charge in [0.05, 0.1) is 16.0 Å². The number of benzene rings is 1. The van der Waals surface area contributed by atoms with Gasteiger partial charge < -0.3 is 9.80 Å². The highest BCUT2D eigenvalue weighted by Crippen LogP contribution is 2.37. The van der Waals surface area contributed by atoms with Gasteiger partial charge in [-0.05, 0) is 61.4 Å². The smallest absolute Gasteiger partial charge is 0.258 e. The van der Waals surface area contributed by atoms with Gasteiger partial charge >= 0.3 is 0 Å². The number of thiophene rings is 1. The maximum Gasteiger partial charge on any atom is 0.258 e. The number of hydrogen-bond donors (Lipinski definition) is 1. The number of rotatable bonds is 7. The summed E-state index contributed by atoms with van der Waals surface area (Å²) < 4.78 is 0.922. The van der Waals surface area contributed by atoms with E-state index in [-0.39, 0.29) is 23.8 Å². The molecule has 1 aliphatic rings. The number of hydrogen-bond acceptors (Lipinski definition) is 7. The van der Waals surface area contributed by atoms with Gasteiger partial charge in [0.2, 0.25) is 5.91 Å². The fourth-order valence-corrected chi connectivity index (χ4v) is 6.95. The molecule has 1 aliphatic heterocycles. The molecule has 1 N–H and O–H groups in total. The van der Waals surface area contributed by atoms with Gasteiger partial charge in [0.15, 0.2) is 5.13 Å². The summed E-state index contributed by atoms with van der Waals surface area (Å²) in [5.74, 6) is -0.275. The van der Waals surface area contributed by atoms with Gasteiger partial charge in [-0.2, -0.15) is 11.3 Å². The summed E-state index contributed by atoms with van der Waals surface area (Å²) in [6, 6.07) is 5.74. The fourth-order valence-electron chi connectivity index (χ4n) is 4.38. The van der Waals surface area contributed by atoms with E-state index in [1.165, 1.54) is 40.5 Å². The maximum absolute atomic E-state index is 13.7. The van der Waals surface area contributed by atoms with Crippen molar-refractivity contribution >= 4 is 57.3 Å². The zero-order valence-corrected chi connectivity index (χ0v) is 23.6. The molecular formula is C27H30N4O3S3. The summed E-state index contributed by atoms with van der Waals surface area (Å²) in [6.45, 7) is 11.4. The monoisotopic (exact) mass is 554 g/mol. The molecule has 1 fully saturated rings. The molecule has 0 aliphatic carbocycles. The van der Waals surface area contributed by atoms with E-state index >= 15 is 0 Å². The van der Waals surface area contributed by atoms with Crippen LogP contribution >= 0.6 is 34.4 Å². The highest BCUT2D eigenvalue weighted by molar-refractivity contribution is 8.01. The summed E-state index contributed by atoms with van der Waals surface area (Å²) in [6.07, 6.45) is 4.60. The van der Waals surface area contributed by atoms with Crippen LogP contribution in [0.2, 0.25) is 0 Å². The van der Waals surface area contributed by atoms with Crippen LogP contribution in [-0.4, -0.2) is 58.2 Å². The highest BCUT2D eigenvalue weighted by Gasteiger charge is 2.29. The summed E-state index contributed by atoms with van der Waals surface area (Å²) >= 11 is 4.41. The summed E-state index contributed by atoms with van der Waals surface area (Å²) in [7, 11) is 0. The number of carbonyl (C=O) groups is 3. The number of aromatic nitrogens is 1. The van der Waals surface area contributed by atoms with Crippen LogP contribution in [0.25, 0.3) is 0 Å². The Morgan fingerprint density at radius 3 is 2.76 bits per heavy atom. The molecule has 2 aromatic heterocycles. The Bertz CT molecular complexity index is 1300. The third-order valence-electron chi connectivity index (χ3n) is 6.37. The molecule has 3 amide bonds. The Hall–Kier alpha value is -2.95. The lowest BCUT2D eigenvalue weighted by molar-refractivity contribution is -0.128. The minimum Gasteiger partial charge on any atom is -0.337 e. The van der Waals surface area contributed by atoms with Crippen molar-refractivity contribution < 1.29 is 14.4 Å². The minimum atomic E-state index is -0.178. The number of anilines is 1. The Morgan fingerprint density at radius 1 is 1.24 bits per heavy atom. The number of nitrogens with one attached hydrogen (secondary N) is 1. The topological polar surface area (TPSA) is 82.6 Å². The van der Waals surface area contributed by atoms with Crippen LogP contribution in [0.3, 0.4) is 0 Å². The van der Waals surface area contributed by atoms with Crippen LogP contribution in [0.5, 0.6) is 0 Å². The Balaban J connectivity index is 1.50. The highest BCUT2D eigenvalue weighted by atomic mass is 32.2. The molecule has 0 saturated carbocycles. The van der Waals surface area contributed by atoms with E-state index < -0.39 is 0 Å². The standard InChI is InChI=1S/C27H30N4O3S3/c1-5-20-15-30(9-7-10-31(20)23(32)6-2)26(34)21-13-22(18(4)12-17(21)3)36-24-14-28-27(37-24)29-25(33)19-8-11-35-16-19/h6,8,11-14,16,20H,2,5,7,9-10,15H2,1,3-4H3,(H,28,29,33). The van der Waals surface area contributed by atoms with Crippen molar-refractivity contribution in [1.29, 1.82) is 0 Å². The molecule has 1 saturated heterocycles. The molecule has 1 aromatic carbocycles. The first-order valence-electron chi connectivity index (χ1n) is 12.1. The number of aryl methyl sites for hydroxylation is 2. The average Bonchev–Trinajstić information content (AvgIpc) is 3.53. The van der Waals surface area contributed by atoms with Crippen molar-refractivity contribution in [1.82, 2.24) is 14.8 Å². The van der Waals surface area contributed by atoms with E-state index in [4.69, 9.17) is 0 Å². The first-order chi connectivity index (χ1) is 17.8. The molecule has 1 atom stereocenters. The fraction of sp³-hybridized carbons (Fsp3) is 0.333. The van der Waals surface area contributed by atoms with E-state index in [2.05, 4.69) is 16.9 Å². The quantitative estimate of drug-likeness (QED) is 0.370. The van der Waals surface area contributed by atoms with Crippen molar-refractivity contribution in [3.05, 3.63) is 70.1 Å². The molecule has 0 bridgehead atoms. The second-order valence-electron chi connectivity index (χ2n) is 8.89. The maximum atomic E-state index is 13.7. The lowest BCUT2D eigenvalue weighted by atomic mass is 10.0. The van der Waals surface area contributed by atoms with Gasteiger partial charge in [-0.1, -0.05) is 42.7 Å². The van der Waals surface area contributed by atoms with Gasteiger partial charge in [-0.15, -0.1) is 0 Å². The van der Waals surface area contributed by atoms with Gasteiger partial charge in [0.25, 0.3) is 11.8 Å². The molecule has 37 heavy (non-hydrogen) atoms. The number of thiazole rings is 1.